The second-order valence-corrected chi connectivity index (χ2v) is 7.67. The van der Waals surface area contributed by atoms with Crippen LogP contribution in [-0.4, -0.2) is 44.7 Å². The highest BCUT2D eigenvalue weighted by Gasteiger charge is 2.32. The maximum absolute atomic E-state index is 12.1. The van der Waals surface area contributed by atoms with E-state index in [1.54, 1.807) is 0 Å². The number of nitrogens with two attached hydrogens (primary N) is 1. The summed E-state index contributed by atoms with van der Waals surface area (Å²) >= 11 is 0.810. The van der Waals surface area contributed by atoms with Gasteiger partial charge in [-0.05, 0) is 18.9 Å². The third kappa shape index (κ3) is 4.03. The van der Waals surface area contributed by atoms with Gasteiger partial charge in [-0.15, -0.1) is 11.3 Å². The Morgan fingerprint density at radius 2 is 2.23 bits per heavy atom. The number of carbonyl (C=O) groups is 2. The lowest BCUT2D eigenvalue weighted by molar-refractivity contribution is -0.142. The molecule has 2 rings (SSSR count). The number of aliphatic carboxylic acids is 1. The zero-order chi connectivity index (χ0) is 16.3. The summed E-state index contributed by atoms with van der Waals surface area (Å²) in [4.78, 5) is 23.4. The fourth-order valence-electron chi connectivity index (χ4n) is 2.22. The van der Waals surface area contributed by atoms with Gasteiger partial charge in [-0.25, -0.2) is 18.4 Å². The average Bonchev–Trinajstić information content (AvgIpc) is 2.95. The van der Waals surface area contributed by atoms with Crippen LogP contribution in [0.25, 0.3) is 0 Å². The van der Waals surface area contributed by atoms with Crippen LogP contribution in [0.5, 0.6) is 0 Å². The average molecular weight is 348 g/mol. The highest BCUT2D eigenvalue weighted by molar-refractivity contribution is 7.91. The molecule has 2 unspecified atom stereocenters. The monoisotopic (exact) mass is 348 g/mol. The molecule has 1 aromatic rings. The normalized spacial score (nSPS) is 20.3. The molecule has 122 valence electrons. The van der Waals surface area contributed by atoms with Gasteiger partial charge in [-0.3, -0.25) is 4.79 Å². The fraction of sp³-hybridized carbons (Fsp3) is 0.500. The Labute approximate surface area is 131 Å². The third-order valence-electron chi connectivity index (χ3n) is 3.34. The fourth-order valence-corrected chi connectivity index (χ4v) is 3.80. The number of nitrogens with one attached hydrogen (secondary N) is 1. The van der Waals surface area contributed by atoms with Crippen molar-refractivity contribution in [3.05, 3.63) is 17.0 Å². The van der Waals surface area contributed by atoms with E-state index >= 15 is 0 Å². The van der Waals surface area contributed by atoms with Crippen LogP contribution in [0, 0.1) is 5.92 Å². The molecule has 10 heteroatoms. The maximum Gasteiger partial charge on any atom is 0.326 e. The number of thiophene rings is 1. The van der Waals surface area contributed by atoms with Crippen LogP contribution in [0.1, 0.15) is 23.2 Å². The number of carboxylic acids is 1. The van der Waals surface area contributed by atoms with E-state index in [1.165, 1.54) is 5.38 Å². The second kappa shape index (κ2) is 6.73. The standard InChI is InChI=1S/C12H16N2O6S2/c13-22(18,19)9-4-8(6-21-9)11(15)14-10(12(16)17)7-2-1-3-20-5-7/h4,6-7,10H,1-3,5H2,(H,14,15)(H,16,17)(H2,13,18,19). The van der Waals surface area contributed by atoms with E-state index in [9.17, 15) is 23.1 Å². The van der Waals surface area contributed by atoms with Gasteiger partial charge >= 0.3 is 5.97 Å². The van der Waals surface area contributed by atoms with E-state index in [0.29, 0.717) is 13.0 Å². The van der Waals surface area contributed by atoms with E-state index in [0.717, 1.165) is 23.8 Å². The summed E-state index contributed by atoms with van der Waals surface area (Å²) in [7, 11) is -3.88. The van der Waals surface area contributed by atoms with Gasteiger partial charge in [0, 0.05) is 17.9 Å². The van der Waals surface area contributed by atoms with Crippen LogP contribution in [0.3, 0.4) is 0 Å². The summed E-state index contributed by atoms with van der Waals surface area (Å²) in [6, 6.07) is 0.0525. The SMILES string of the molecule is NS(=O)(=O)c1cc(C(=O)NC(C(=O)O)C2CCCOC2)cs1. The van der Waals surface area contributed by atoms with Gasteiger partial charge < -0.3 is 15.2 Å². The molecule has 0 bridgehead atoms. The van der Waals surface area contributed by atoms with Crippen molar-refractivity contribution in [2.45, 2.75) is 23.1 Å². The lowest BCUT2D eigenvalue weighted by Gasteiger charge is -2.27. The number of carbonyl (C=O) groups excluding carboxylic acids is 1. The van der Waals surface area contributed by atoms with E-state index in [1.807, 2.05) is 0 Å². The van der Waals surface area contributed by atoms with Gasteiger partial charge in [0.05, 0.1) is 12.2 Å². The van der Waals surface area contributed by atoms with Crippen LogP contribution in [-0.2, 0) is 19.6 Å². The van der Waals surface area contributed by atoms with Crippen molar-refractivity contribution in [2.75, 3.05) is 13.2 Å². The third-order valence-corrected chi connectivity index (χ3v) is 5.72. The van der Waals surface area contributed by atoms with Crippen LogP contribution in [0.2, 0.25) is 0 Å². The Morgan fingerprint density at radius 1 is 1.50 bits per heavy atom. The predicted octanol–water partition coefficient (Wildman–Crippen LogP) is 0.00510. The van der Waals surface area contributed by atoms with Crippen molar-refractivity contribution < 1.29 is 27.9 Å². The van der Waals surface area contributed by atoms with Gasteiger partial charge in [0.25, 0.3) is 5.91 Å². The van der Waals surface area contributed by atoms with Gasteiger partial charge in [0.2, 0.25) is 10.0 Å². The van der Waals surface area contributed by atoms with Crippen molar-refractivity contribution in [2.24, 2.45) is 11.1 Å². The van der Waals surface area contributed by atoms with Crippen molar-refractivity contribution in [3.8, 4) is 0 Å². The van der Waals surface area contributed by atoms with Crippen molar-refractivity contribution in [1.82, 2.24) is 5.32 Å². The van der Waals surface area contributed by atoms with Crippen LogP contribution in [0.15, 0.2) is 15.7 Å². The van der Waals surface area contributed by atoms with Crippen molar-refractivity contribution in [1.29, 1.82) is 0 Å². The molecule has 4 N–H and O–H groups in total. The Morgan fingerprint density at radius 3 is 2.73 bits per heavy atom. The molecule has 0 aromatic carbocycles. The lowest BCUT2D eigenvalue weighted by atomic mass is 9.93. The minimum Gasteiger partial charge on any atom is -0.480 e. The Kier molecular flexibility index (Phi) is 5.16. The largest absolute Gasteiger partial charge is 0.480 e. The Balaban J connectivity index is 2.11. The molecule has 1 aromatic heterocycles. The minimum absolute atomic E-state index is 0.0667. The number of amides is 1. The van der Waals surface area contributed by atoms with Crippen LogP contribution < -0.4 is 10.5 Å². The maximum atomic E-state index is 12.1. The van der Waals surface area contributed by atoms with Crippen molar-refractivity contribution in [3.63, 3.8) is 0 Å². The molecule has 8 nitrogen and oxygen atoms in total. The minimum atomic E-state index is -3.88. The second-order valence-electron chi connectivity index (χ2n) is 4.97. The first-order chi connectivity index (χ1) is 10.3. The highest BCUT2D eigenvalue weighted by atomic mass is 32.2. The molecule has 0 saturated carbocycles. The molecule has 1 saturated heterocycles. The molecule has 0 radical (unpaired) electrons. The molecular formula is C12H16N2O6S2. The molecule has 1 aliphatic rings. The first-order valence-electron chi connectivity index (χ1n) is 6.52. The molecule has 2 atom stereocenters. The number of hydrogen-bond acceptors (Lipinski definition) is 6. The van der Waals surface area contributed by atoms with Crippen LogP contribution >= 0.6 is 11.3 Å². The zero-order valence-corrected chi connectivity index (χ0v) is 13.2. The highest BCUT2D eigenvalue weighted by Crippen LogP contribution is 2.21. The lowest BCUT2D eigenvalue weighted by Crippen LogP contribution is -2.48. The van der Waals surface area contributed by atoms with E-state index in [-0.39, 0.29) is 22.3 Å². The van der Waals surface area contributed by atoms with Gasteiger partial charge in [-0.1, -0.05) is 0 Å². The number of hydrogen-bond donors (Lipinski definition) is 3. The Hall–Kier alpha value is -1.49. The van der Waals surface area contributed by atoms with Gasteiger partial charge in [0.1, 0.15) is 10.3 Å². The first-order valence-corrected chi connectivity index (χ1v) is 8.94. The van der Waals surface area contributed by atoms with Gasteiger partial charge in [-0.2, -0.15) is 0 Å². The van der Waals surface area contributed by atoms with E-state index in [2.05, 4.69) is 5.32 Å². The molecule has 1 fully saturated rings. The molecule has 0 aliphatic carbocycles. The topological polar surface area (TPSA) is 136 Å². The number of ether oxygens (including phenoxy) is 1. The molecule has 1 amide bonds. The molecule has 0 spiro atoms. The number of primary sulfonamides is 1. The quantitative estimate of drug-likeness (QED) is 0.685. The van der Waals surface area contributed by atoms with Crippen LogP contribution in [0.4, 0.5) is 0 Å². The molecule has 22 heavy (non-hydrogen) atoms. The molecule has 1 aliphatic heterocycles. The number of carboxylic acid groups (broad SMARTS) is 1. The van der Waals surface area contributed by atoms with E-state index in [4.69, 9.17) is 9.88 Å². The zero-order valence-electron chi connectivity index (χ0n) is 11.5. The molecule has 2 heterocycles. The number of sulfonamides is 1. The summed E-state index contributed by atoms with van der Waals surface area (Å²) < 4.78 is 27.5. The summed E-state index contributed by atoms with van der Waals surface area (Å²) in [6.07, 6.45) is 1.38. The number of rotatable bonds is 5. The summed E-state index contributed by atoms with van der Waals surface area (Å²) in [6.45, 7) is 0.850. The predicted molar refractivity (Wildman–Crippen MR) is 78.1 cm³/mol. The van der Waals surface area contributed by atoms with Crippen molar-refractivity contribution >= 4 is 33.2 Å². The van der Waals surface area contributed by atoms with E-state index < -0.39 is 27.9 Å². The smallest absolute Gasteiger partial charge is 0.326 e. The first kappa shape index (κ1) is 16.9. The summed E-state index contributed by atoms with van der Waals surface area (Å²) in [5.74, 6) is -2.11. The molecular weight excluding hydrogens is 332 g/mol. The summed E-state index contributed by atoms with van der Waals surface area (Å²) in [5.41, 5.74) is 0.0667. The Bertz CT molecular complexity index is 663. The summed E-state index contributed by atoms with van der Waals surface area (Å²) in [5, 5.41) is 18.0. The van der Waals surface area contributed by atoms with Gasteiger partial charge in [0.15, 0.2) is 0 Å².